The van der Waals surface area contributed by atoms with Crippen molar-refractivity contribution in [1.82, 2.24) is 0 Å². The summed E-state index contributed by atoms with van der Waals surface area (Å²) in [7, 11) is 0. The van der Waals surface area contributed by atoms with Crippen LogP contribution in [0.2, 0.25) is 0 Å². The molecule has 3 nitrogen and oxygen atoms in total. The first-order valence-corrected chi connectivity index (χ1v) is 7.14. The molecular weight excluding hydrogens is 228 g/mol. The van der Waals surface area contributed by atoms with E-state index in [0.29, 0.717) is 6.42 Å². The fraction of sp³-hybridized carbons (Fsp3) is 0.933. The third-order valence-electron chi connectivity index (χ3n) is 5.83. The van der Waals surface area contributed by atoms with Gasteiger partial charge >= 0.3 is 0 Å². The van der Waals surface area contributed by atoms with E-state index in [9.17, 15) is 9.90 Å². The molecule has 0 aromatic carbocycles. The number of hydrogen-bond donors (Lipinski definition) is 1. The fourth-order valence-corrected chi connectivity index (χ4v) is 4.46. The maximum absolute atomic E-state index is 12.6. The Morgan fingerprint density at radius 1 is 1.33 bits per heavy atom. The lowest BCUT2D eigenvalue weighted by atomic mass is 9.68. The monoisotopic (exact) mass is 252 g/mol. The second kappa shape index (κ2) is 3.37. The summed E-state index contributed by atoms with van der Waals surface area (Å²) in [6.07, 6.45) is 3.32. The number of fused-ring (bicyclic) bond motifs is 2. The van der Waals surface area contributed by atoms with Crippen LogP contribution in [0.15, 0.2) is 0 Å². The summed E-state index contributed by atoms with van der Waals surface area (Å²) >= 11 is 0. The van der Waals surface area contributed by atoms with Gasteiger partial charge in [-0.05, 0) is 37.5 Å². The van der Waals surface area contributed by atoms with Crippen LogP contribution in [0.4, 0.5) is 0 Å². The standard InChI is InChI=1S/C15H24O3/c1-9(2)15(17)6-5-13(3)8-11-14(4,18-11)7-10(16)12(13)15/h9,11-12,17H,5-8H2,1-4H3/t11-,12+,13+,14+,15+/m0/s1. The van der Waals surface area contributed by atoms with E-state index in [1.54, 1.807) is 0 Å². The predicted octanol–water partition coefficient (Wildman–Crippen LogP) is 2.31. The molecule has 0 amide bonds. The summed E-state index contributed by atoms with van der Waals surface area (Å²) in [6, 6.07) is 0. The highest BCUT2D eigenvalue weighted by Crippen LogP contribution is 2.61. The Balaban J connectivity index is 1.99. The summed E-state index contributed by atoms with van der Waals surface area (Å²) < 4.78 is 5.72. The van der Waals surface area contributed by atoms with E-state index in [2.05, 4.69) is 6.92 Å². The number of rotatable bonds is 1. The zero-order valence-electron chi connectivity index (χ0n) is 11.8. The van der Waals surface area contributed by atoms with E-state index in [-0.39, 0.29) is 34.7 Å². The van der Waals surface area contributed by atoms with Crippen LogP contribution < -0.4 is 0 Å². The topological polar surface area (TPSA) is 49.8 Å². The molecule has 0 bridgehead atoms. The Labute approximate surface area is 109 Å². The molecule has 0 unspecified atom stereocenters. The number of ketones is 1. The third kappa shape index (κ3) is 1.47. The zero-order chi connectivity index (χ0) is 13.3. The summed E-state index contributed by atoms with van der Waals surface area (Å²) in [5, 5.41) is 10.9. The van der Waals surface area contributed by atoms with Crippen molar-refractivity contribution in [3.8, 4) is 0 Å². The second-order valence-corrected chi connectivity index (χ2v) is 7.50. The molecule has 3 aliphatic rings. The fourth-order valence-electron chi connectivity index (χ4n) is 4.46. The van der Waals surface area contributed by atoms with Crippen molar-refractivity contribution in [1.29, 1.82) is 0 Å². The van der Waals surface area contributed by atoms with Crippen molar-refractivity contribution < 1.29 is 14.6 Å². The first-order chi connectivity index (χ1) is 8.21. The van der Waals surface area contributed by atoms with Gasteiger partial charge in [-0.3, -0.25) is 4.79 Å². The Hall–Kier alpha value is -0.410. The molecular formula is C15H24O3. The van der Waals surface area contributed by atoms with Gasteiger partial charge in [0.2, 0.25) is 0 Å². The number of ether oxygens (including phenoxy) is 1. The Morgan fingerprint density at radius 3 is 2.61 bits per heavy atom. The predicted molar refractivity (Wildman–Crippen MR) is 68.1 cm³/mol. The highest BCUT2D eigenvalue weighted by Gasteiger charge is 2.67. The zero-order valence-corrected chi connectivity index (χ0v) is 11.8. The molecule has 5 atom stereocenters. The largest absolute Gasteiger partial charge is 0.389 e. The van der Waals surface area contributed by atoms with E-state index in [1.165, 1.54) is 0 Å². The lowest BCUT2D eigenvalue weighted by molar-refractivity contribution is -0.140. The third-order valence-corrected chi connectivity index (χ3v) is 5.83. The minimum Gasteiger partial charge on any atom is -0.389 e. The molecule has 2 saturated carbocycles. The lowest BCUT2D eigenvalue weighted by Gasteiger charge is -2.39. The Kier molecular flexibility index (Phi) is 2.36. The first kappa shape index (κ1) is 12.6. The van der Waals surface area contributed by atoms with E-state index in [4.69, 9.17) is 4.74 Å². The van der Waals surface area contributed by atoms with E-state index >= 15 is 0 Å². The molecule has 1 saturated heterocycles. The van der Waals surface area contributed by atoms with Crippen LogP contribution in [0.5, 0.6) is 0 Å². The summed E-state index contributed by atoms with van der Waals surface area (Å²) in [4.78, 5) is 12.6. The lowest BCUT2D eigenvalue weighted by Crippen LogP contribution is -2.47. The molecule has 0 radical (unpaired) electrons. The minimum absolute atomic E-state index is 0.0744. The maximum atomic E-state index is 12.6. The number of carbonyl (C=O) groups is 1. The molecule has 1 aliphatic heterocycles. The van der Waals surface area contributed by atoms with Crippen LogP contribution in [0.1, 0.15) is 53.4 Å². The normalized spacial score (nSPS) is 55.1. The molecule has 1 heterocycles. The van der Waals surface area contributed by atoms with Crippen LogP contribution in [-0.2, 0) is 9.53 Å². The molecule has 3 rings (SSSR count). The van der Waals surface area contributed by atoms with Crippen molar-refractivity contribution in [2.24, 2.45) is 17.3 Å². The van der Waals surface area contributed by atoms with Crippen molar-refractivity contribution in [2.45, 2.75) is 70.7 Å². The molecule has 1 N–H and O–H groups in total. The Bertz CT molecular complexity index is 405. The Morgan fingerprint density at radius 2 is 2.00 bits per heavy atom. The van der Waals surface area contributed by atoms with Crippen LogP contribution in [-0.4, -0.2) is 28.2 Å². The van der Waals surface area contributed by atoms with Crippen LogP contribution in [0, 0.1) is 17.3 Å². The number of aliphatic hydroxyl groups is 1. The van der Waals surface area contributed by atoms with Crippen LogP contribution in [0.25, 0.3) is 0 Å². The molecule has 0 spiro atoms. The molecule has 18 heavy (non-hydrogen) atoms. The quantitative estimate of drug-likeness (QED) is 0.729. The molecule has 2 aliphatic carbocycles. The SMILES string of the molecule is CC(C)[C@]1(O)CC[C@]2(C)C[C@@H]3O[C@]3(C)CC(=O)[C@H]21. The van der Waals surface area contributed by atoms with Gasteiger partial charge in [0.25, 0.3) is 0 Å². The number of hydrogen-bond acceptors (Lipinski definition) is 3. The van der Waals surface area contributed by atoms with Gasteiger partial charge in [0.15, 0.2) is 0 Å². The average Bonchev–Trinajstić information content (AvgIpc) is 2.74. The van der Waals surface area contributed by atoms with Crippen molar-refractivity contribution >= 4 is 5.78 Å². The van der Waals surface area contributed by atoms with Gasteiger partial charge in [-0.2, -0.15) is 0 Å². The number of carbonyl (C=O) groups excluding carboxylic acids is 1. The second-order valence-electron chi connectivity index (χ2n) is 7.50. The van der Waals surface area contributed by atoms with Gasteiger partial charge in [0.1, 0.15) is 5.78 Å². The summed E-state index contributed by atoms with van der Waals surface area (Å²) in [5.74, 6) is 0.156. The van der Waals surface area contributed by atoms with Gasteiger partial charge < -0.3 is 9.84 Å². The minimum atomic E-state index is -0.807. The summed E-state index contributed by atoms with van der Waals surface area (Å²) in [6.45, 7) is 8.27. The highest BCUT2D eigenvalue weighted by atomic mass is 16.6. The van der Waals surface area contributed by atoms with Crippen molar-refractivity contribution in [3.05, 3.63) is 0 Å². The van der Waals surface area contributed by atoms with Crippen LogP contribution in [0.3, 0.4) is 0 Å². The van der Waals surface area contributed by atoms with Crippen LogP contribution >= 0.6 is 0 Å². The van der Waals surface area contributed by atoms with Gasteiger partial charge in [-0.25, -0.2) is 0 Å². The molecule has 3 heteroatoms. The van der Waals surface area contributed by atoms with Gasteiger partial charge in [0.05, 0.1) is 23.2 Å². The molecule has 0 aromatic heterocycles. The number of Topliss-reactive ketones (excluding diaryl/α,β-unsaturated/α-hetero) is 1. The number of epoxide rings is 1. The van der Waals surface area contributed by atoms with E-state index in [1.807, 2.05) is 20.8 Å². The van der Waals surface area contributed by atoms with Gasteiger partial charge in [0, 0.05) is 6.42 Å². The average molecular weight is 252 g/mol. The van der Waals surface area contributed by atoms with Gasteiger partial charge in [-0.1, -0.05) is 20.8 Å². The van der Waals surface area contributed by atoms with Crippen molar-refractivity contribution in [2.75, 3.05) is 0 Å². The first-order valence-electron chi connectivity index (χ1n) is 7.14. The van der Waals surface area contributed by atoms with Crippen molar-refractivity contribution in [3.63, 3.8) is 0 Å². The van der Waals surface area contributed by atoms with E-state index in [0.717, 1.165) is 19.3 Å². The smallest absolute Gasteiger partial charge is 0.142 e. The van der Waals surface area contributed by atoms with E-state index < -0.39 is 5.60 Å². The highest BCUT2D eigenvalue weighted by molar-refractivity contribution is 5.85. The molecule has 0 aromatic rings. The molecule has 102 valence electrons. The molecule has 3 fully saturated rings. The maximum Gasteiger partial charge on any atom is 0.142 e. The van der Waals surface area contributed by atoms with Gasteiger partial charge in [-0.15, -0.1) is 0 Å². The summed E-state index contributed by atoms with van der Waals surface area (Å²) in [5.41, 5.74) is -1.11.